The number of pyridine rings is 1. The molecular formula is C44H30F3N3. The molecule has 50 heavy (non-hydrogen) atoms. The van der Waals surface area contributed by atoms with Crippen molar-refractivity contribution in [1.29, 1.82) is 0 Å². The summed E-state index contributed by atoms with van der Waals surface area (Å²) in [5.74, 6) is 0. The van der Waals surface area contributed by atoms with Crippen LogP contribution in [0.5, 0.6) is 0 Å². The molecule has 0 aliphatic rings. The van der Waals surface area contributed by atoms with Gasteiger partial charge in [-0.25, -0.2) is 4.98 Å². The van der Waals surface area contributed by atoms with Crippen molar-refractivity contribution < 1.29 is 13.2 Å². The minimum absolute atomic E-state index is 0.403. The van der Waals surface area contributed by atoms with Crippen LogP contribution in [0.2, 0.25) is 0 Å². The van der Waals surface area contributed by atoms with Gasteiger partial charge in [0, 0.05) is 32.7 Å². The summed E-state index contributed by atoms with van der Waals surface area (Å²) in [6, 6.07) is 46.3. The molecule has 0 fully saturated rings. The fraction of sp³-hybridized carbons (Fsp3) is 0.0682. The Morgan fingerprint density at radius 3 is 1.48 bits per heavy atom. The van der Waals surface area contributed by atoms with Crippen LogP contribution >= 0.6 is 0 Å². The number of halogens is 3. The molecule has 0 N–H and O–H groups in total. The van der Waals surface area contributed by atoms with Gasteiger partial charge in [-0.3, -0.25) is 0 Å². The van der Waals surface area contributed by atoms with E-state index in [1.807, 2.05) is 144 Å². The molecule has 9 rings (SSSR count). The van der Waals surface area contributed by atoms with E-state index in [0.717, 1.165) is 66.0 Å². The molecule has 6 heteroatoms. The van der Waals surface area contributed by atoms with Crippen LogP contribution in [0.25, 0.3) is 77.5 Å². The van der Waals surface area contributed by atoms with Crippen LogP contribution in [-0.2, 0) is 6.18 Å². The van der Waals surface area contributed by atoms with Crippen LogP contribution in [0.1, 0.15) is 16.7 Å². The summed E-state index contributed by atoms with van der Waals surface area (Å²) in [4.78, 5) is 5.19. The van der Waals surface area contributed by atoms with Gasteiger partial charge in [0.2, 0.25) is 0 Å². The number of hydrogen-bond donors (Lipinski definition) is 0. The molecule has 0 aliphatic heterocycles. The highest BCUT2D eigenvalue weighted by Crippen LogP contribution is 2.45. The average Bonchev–Trinajstić information content (AvgIpc) is 3.63. The van der Waals surface area contributed by atoms with Gasteiger partial charge in [0.05, 0.1) is 50.4 Å². The van der Waals surface area contributed by atoms with E-state index in [1.165, 1.54) is 12.1 Å². The molecule has 3 nitrogen and oxygen atoms in total. The van der Waals surface area contributed by atoms with Crippen LogP contribution in [0.4, 0.5) is 13.2 Å². The van der Waals surface area contributed by atoms with E-state index in [0.29, 0.717) is 22.6 Å². The van der Waals surface area contributed by atoms with E-state index in [9.17, 15) is 0 Å². The predicted octanol–water partition coefficient (Wildman–Crippen LogP) is 12.2. The molecular weight excluding hydrogens is 627 g/mol. The monoisotopic (exact) mass is 657 g/mol. The van der Waals surface area contributed by atoms with E-state index in [4.69, 9.17) is 4.98 Å². The minimum Gasteiger partial charge on any atom is -0.308 e. The third-order valence-electron chi connectivity index (χ3n) is 9.64. The number of rotatable bonds is 4. The maximum absolute atomic E-state index is 15.2. The number of alkyl halides is 3. The SMILES string of the molecule is Cc1ccc2c(c1)c1ccccc1n2-c1cc(C(F)(F)F)cc(-n2c3ccccc3c3cc(C)ccc32)c1-c1cccc(-c2ccccc2)n1. The van der Waals surface area contributed by atoms with Gasteiger partial charge in [-0.1, -0.05) is 96.1 Å². The second-order valence-electron chi connectivity index (χ2n) is 12.9. The zero-order chi connectivity index (χ0) is 34.1. The molecule has 9 aromatic rings. The molecule has 0 saturated heterocycles. The van der Waals surface area contributed by atoms with E-state index < -0.39 is 11.7 Å². The van der Waals surface area contributed by atoms with Gasteiger partial charge < -0.3 is 9.13 Å². The fourth-order valence-electron chi connectivity index (χ4n) is 7.43. The van der Waals surface area contributed by atoms with Crippen LogP contribution in [0.3, 0.4) is 0 Å². The molecule has 3 aromatic heterocycles. The molecule has 6 aromatic carbocycles. The lowest BCUT2D eigenvalue weighted by atomic mass is 10.00. The maximum atomic E-state index is 15.2. The molecule has 0 amide bonds. The summed E-state index contributed by atoms with van der Waals surface area (Å²) in [7, 11) is 0. The first-order valence-corrected chi connectivity index (χ1v) is 16.5. The Hall–Kier alpha value is -6.14. The average molecular weight is 658 g/mol. The van der Waals surface area contributed by atoms with E-state index >= 15 is 13.2 Å². The van der Waals surface area contributed by atoms with Gasteiger partial charge in [-0.2, -0.15) is 13.2 Å². The Morgan fingerprint density at radius 1 is 0.460 bits per heavy atom. The maximum Gasteiger partial charge on any atom is 0.416 e. The lowest BCUT2D eigenvalue weighted by molar-refractivity contribution is -0.137. The summed E-state index contributed by atoms with van der Waals surface area (Å²) in [6.45, 7) is 4.06. The molecule has 0 bridgehead atoms. The standard InChI is InChI=1S/C44H30F3N3/c1-27-19-21-39-33(23-27)31-13-6-8-17-37(31)49(39)41-25-30(44(45,46)47)26-42(43(41)36-16-10-15-35(48-36)29-11-4-3-5-12-29)50-38-18-9-7-14-32(38)34-24-28(2)20-22-40(34)50/h3-26H,1-2H3. The summed E-state index contributed by atoms with van der Waals surface area (Å²) < 4.78 is 49.5. The van der Waals surface area contributed by atoms with E-state index in [2.05, 4.69) is 12.1 Å². The number of nitrogens with zero attached hydrogens (tertiary/aromatic N) is 3. The Kier molecular flexibility index (Phi) is 6.71. The molecule has 242 valence electrons. The van der Waals surface area contributed by atoms with Crippen molar-refractivity contribution in [2.45, 2.75) is 20.0 Å². The summed E-state index contributed by atoms with van der Waals surface area (Å²) in [6.07, 6.45) is -4.62. The highest BCUT2D eigenvalue weighted by atomic mass is 19.4. The topological polar surface area (TPSA) is 22.8 Å². The van der Waals surface area contributed by atoms with Gasteiger partial charge in [-0.15, -0.1) is 0 Å². The first-order chi connectivity index (χ1) is 24.3. The Bertz CT molecular complexity index is 2630. The first-order valence-electron chi connectivity index (χ1n) is 16.5. The van der Waals surface area contributed by atoms with Crippen molar-refractivity contribution in [3.8, 4) is 33.9 Å². The zero-order valence-corrected chi connectivity index (χ0v) is 27.3. The number of fused-ring (bicyclic) bond motifs is 6. The van der Waals surface area contributed by atoms with Crippen LogP contribution < -0.4 is 0 Å². The van der Waals surface area contributed by atoms with E-state index in [1.54, 1.807) is 0 Å². The van der Waals surface area contributed by atoms with Gasteiger partial charge in [0.1, 0.15) is 0 Å². The number of para-hydroxylation sites is 2. The highest BCUT2D eigenvalue weighted by Gasteiger charge is 2.34. The molecule has 3 heterocycles. The number of benzene rings is 6. The van der Waals surface area contributed by atoms with Gasteiger partial charge in [0.15, 0.2) is 0 Å². The first kappa shape index (κ1) is 30.0. The van der Waals surface area contributed by atoms with Crippen molar-refractivity contribution in [2.24, 2.45) is 0 Å². The van der Waals surface area contributed by atoms with Gasteiger partial charge >= 0.3 is 6.18 Å². The molecule has 0 spiro atoms. The van der Waals surface area contributed by atoms with Crippen molar-refractivity contribution in [3.63, 3.8) is 0 Å². The van der Waals surface area contributed by atoms with Crippen molar-refractivity contribution in [2.75, 3.05) is 0 Å². The quantitative estimate of drug-likeness (QED) is 0.185. The van der Waals surface area contributed by atoms with Crippen LogP contribution in [-0.4, -0.2) is 14.1 Å². The van der Waals surface area contributed by atoms with Crippen LogP contribution in [0.15, 0.2) is 146 Å². The molecule has 0 radical (unpaired) electrons. The van der Waals surface area contributed by atoms with Gasteiger partial charge in [-0.05, 0) is 74.5 Å². The summed E-state index contributed by atoms with van der Waals surface area (Å²) >= 11 is 0. The normalized spacial score (nSPS) is 12.1. The smallest absolute Gasteiger partial charge is 0.308 e. The van der Waals surface area contributed by atoms with Crippen LogP contribution in [0, 0.1) is 13.8 Å². The Labute approximate surface area is 286 Å². The summed E-state index contributed by atoms with van der Waals surface area (Å²) in [5.41, 5.74) is 8.31. The number of aromatic nitrogens is 3. The number of aryl methyl sites for hydroxylation is 2. The molecule has 0 unspecified atom stereocenters. The Morgan fingerprint density at radius 2 is 0.940 bits per heavy atom. The van der Waals surface area contributed by atoms with Crippen molar-refractivity contribution in [1.82, 2.24) is 14.1 Å². The third kappa shape index (κ3) is 4.71. The van der Waals surface area contributed by atoms with Crippen molar-refractivity contribution in [3.05, 3.63) is 162 Å². The highest BCUT2D eigenvalue weighted by molar-refractivity contribution is 6.12. The fourth-order valence-corrected chi connectivity index (χ4v) is 7.43. The zero-order valence-electron chi connectivity index (χ0n) is 27.3. The lowest BCUT2D eigenvalue weighted by Crippen LogP contribution is -2.11. The second-order valence-corrected chi connectivity index (χ2v) is 12.9. The Balaban J connectivity index is 1.50. The molecule has 0 aliphatic carbocycles. The largest absolute Gasteiger partial charge is 0.416 e. The predicted molar refractivity (Wildman–Crippen MR) is 198 cm³/mol. The number of hydrogen-bond acceptors (Lipinski definition) is 1. The molecule has 0 saturated carbocycles. The van der Waals surface area contributed by atoms with Crippen molar-refractivity contribution >= 4 is 43.6 Å². The lowest BCUT2D eigenvalue weighted by Gasteiger charge is -2.22. The molecule has 0 atom stereocenters. The van der Waals surface area contributed by atoms with Gasteiger partial charge in [0.25, 0.3) is 0 Å². The minimum atomic E-state index is -4.62. The third-order valence-corrected chi connectivity index (χ3v) is 9.64. The van der Waals surface area contributed by atoms with E-state index in [-0.39, 0.29) is 0 Å². The second kappa shape index (κ2) is 11.2. The summed E-state index contributed by atoms with van der Waals surface area (Å²) in [5, 5.41) is 3.89.